The molecule has 16 heavy (non-hydrogen) atoms. The Morgan fingerprint density at radius 3 is 3.06 bits per heavy atom. The second-order valence-corrected chi connectivity index (χ2v) is 4.35. The molecule has 0 bridgehead atoms. The van der Waals surface area contributed by atoms with Gasteiger partial charge >= 0.3 is 6.09 Å². The molecule has 1 aliphatic rings. The van der Waals surface area contributed by atoms with Crippen LogP contribution in [0.4, 0.5) is 9.18 Å². The number of rotatable bonds is 1. The van der Waals surface area contributed by atoms with Gasteiger partial charge in [-0.15, -0.1) is 0 Å². The summed E-state index contributed by atoms with van der Waals surface area (Å²) < 4.78 is 24.2. The monoisotopic (exact) mass is 289 g/mol. The van der Waals surface area contributed by atoms with Crippen molar-refractivity contribution >= 4 is 22.0 Å². The van der Waals surface area contributed by atoms with Gasteiger partial charge in [-0.1, -0.05) is 15.9 Å². The smallest absolute Gasteiger partial charge is 0.404 e. The summed E-state index contributed by atoms with van der Waals surface area (Å²) in [4.78, 5) is 10.6. The summed E-state index contributed by atoms with van der Waals surface area (Å²) in [5, 5.41) is 0. The van der Waals surface area contributed by atoms with Crippen LogP contribution < -0.4 is 10.5 Å². The second-order valence-electron chi connectivity index (χ2n) is 3.44. The van der Waals surface area contributed by atoms with E-state index in [-0.39, 0.29) is 18.8 Å². The minimum Gasteiger partial charge on any atom is -0.489 e. The molecule has 0 aromatic heterocycles. The van der Waals surface area contributed by atoms with E-state index < -0.39 is 12.2 Å². The Kier molecular flexibility index (Phi) is 3.00. The number of amides is 1. The maximum absolute atomic E-state index is 13.6. The quantitative estimate of drug-likeness (QED) is 0.860. The lowest BCUT2D eigenvalue weighted by Gasteiger charge is -2.25. The highest BCUT2D eigenvalue weighted by Crippen LogP contribution is 2.31. The topological polar surface area (TPSA) is 61.6 Å². The van der Waals surface area contributed by atoms with Gasteiger partial charge in [-0.3, -0.25) is 0 Å². The number of hydrogen-bond donors (Lipinski definition) is 1. The molecular formula is C10H9BrFNO3. The molecule has 6 heteroatoms. The highest BCUT2D eigenvalue weighted by atomic mass is 79.9. The summed E-state index contributed by atoms with van der Waals surface area (Å²) in [7, 11) is 0. The van der Waals surface area contributed by atoms with E-state index in [0.29, 0.717) is 15.8 Å². The Balaban J connectivity index is 2.23. The lowest BCUT2D eigenvalue weighted by Crippen LogP contribution is -2.33. The first-order chi connectivity index (χ1) is 7.56. The Labute approximate surface area is 99.6 Å². The van der Waals surface area contributed by atoms with Crippen molar-refractivity contribution in [3.05, 3.63) is 28.0 Å². The van der Waals surface area contributed by atoms with Crippen LogP contribution in [0.1, 0.15) is 5.56 Å². The molecule has 1 unspecified atom stereocenters. The molecule has 1 heterocycles. The molecule has 1 aromatic carbocycles. The molecule has 0 fully saturated rings. The van der Waals surface area contributed by atoms with Crippen molar-refractivity contribution in [1.82, 2.24) is 0 Å². The van der Waals surface area contributed by atoms with Crippen molar-refractivity contribution in [1.29, 1.82) is 0 Å². The number of primary amides is 1. The van der Waals surface area contributed by atoms with Crippen LogP contribution in [0.3, 0.4) is 0 Å². The van der Waals surface area contributed by atoms with Crippen molar-refractivity contribution < 1.29 is 18.7 Å². The van der Waals surface area contributed by atoms with Gasteiger partial charge in [0.25, 0.3) is 0 Å². The molecule has 1 aromatic rings. The molecule has 2 N–H and O–H groups in total. The van der Waals surface area contributed by atoms with E-state index in [1.807, 2.05) is 0 Å². The molecule has 1 atom stereocenters. The number of benzene rings is 1. The first-order valence-corrected chi connectivity index (χ1v) is 5.42. The van der Waals surface area contributed by atoms with E-state index in [1.165, 1.54) is 6.07 Å². The average Bonchev–Trinajstić information content (AvgIpc) is 2.18. The molecule has 4 nitrogen and oxygen atoms in total. The van der Waals surface area contributed by atoms with E-state index >= 15 is 0 Å². The van der Waals surface area contributed by atoms with Crippen LogP contribution in [-0.2, 0) is 11.2 Å². The molecule has 86 valence electrons. The zero-order chi connectivity index (χ0) is 11.7. The molecule has 0 spiro atoms. The molecule has 0 saturated heterocycles. The van der Waals surface area contributed by atoms with Crippen LogP contribution in [0.25, 0.3) is 0 Å². The Morgan fingerprint density at radius 2 is 2.38 bits per heavy atom. The summed E-state index contributed by atoms with van der Waals surface area (Å²) in [6.45, 7) is 0.186. The number of fused-ring (bicyclic) bond motifs is 1. The third-order valence-electron chi connectivity index (χ3n) is 2.26. The van der Waals surface area contributed by atoms with E-state index in [0.717, 1.165) is 0 Å². The predicted octanol–water partition coefficient (Wildman–Crippen LogP) is 1.99. The third kappa shape index (κ3) is 2.27. The molecule has 1 amide bonds. The Bertz CT molecular complexity index is 438. The van der Waals surface area contributed by atoms with Crippen molar-refractivity contribution in [2.45, 2.75) is 12.5 Å². The van der Waals surface area contributed by atoms with E-state index in [1.54, 1.807) is 6.07 Å². The lowest BCUT2D eigenvalue weighted by atomic mass is 10.0. The number of carbonyl (C=O) groups excluding carboxylic acids is 1. The molecule has 2 rings (SSSR count). The Morgan fingerprint density at radius 1 is 1.62 bits per heavy atom. The standard InChI is InChI=1S/C10H9BrFNO3/c11-5-1-8(12)7-3-6(16-10(13)14)4-15-9(7)2-5/h1-2,6H,3-4H2,(H2,13,14). The molecule has 0 radical (unpaired) electrons. The fraction of sp³-hybridized carbons (Fsp3) is 0.300. The van der Waals surface area contributed by atoms with Gasteiger partial charge in [0.1, 0.15) is 24.3 Å². The SMILES string of the molecule is NC(=O)OC1COc2cc(Br)cc(F)c2C1. The van der Waals surface area contributed by atoms with Crippen molar-refractivity contribution in [3.8, 4) is 5.75 Å². The zero-order valence-electron chi connectivity index (χ0n) is 8.20. The largest absolute Gasteiger partial charge is 0.489 e. The minimum atomic E-state index is -0.880. The van der Waals surface area contributed by atoms with E-state index in [9.17, 15) is 9.18 Å². The van der Waals surface area contributed by atoms with Crippen LogP contribution in [0, 0.1) is 5.82 Å². The van der Waals surface area contributed by atoms with Gasteiger partial charge in [-0.2, -0.15) is 0 Å². The third-order valence-corrected chi connectivity index (χ3v) is 2.72. The maximum atomic E-state index is 13.6. The van der Waals surface area contributed by atoms with Gasteiger partial charge in [-0.05, 0) is 12.1 Å². The van der Waals surface area contributed by atoms with Crippen molar-refractivity contribution in [3.63, 3.8) is 0 Å². The van der Waals surface area contributed by atoms with Gasteiger partial charge in [-0.25, -0.2) is 9.18 Å². The first-order valence-electron chi connectivity index (χ1n) is 4.63. The van der Waals surface area contributed by atoms with Crippen molar-refractivity contribution in [2.24, 2.45) is 5.73 Å². The van der Waals surface area contributed by atoms with E-state index in [4.69, 9.17) is 15.2 Å². The summed E-state index contributed by atoms with van der Waals surface area (Å²) in [6.07, 6.45) is -1.13. The number of ether oxygens (including phenoxy) is 2. The van der Waals surface area contributed by atoms with Gasteiger partial charge in [0.05, 0.1) is 0 Å². The van der Waals surface area contributed by atoms with Crippen LogP contribution in [0.15, 0.2) is 16.6 Å². The fourth-order valence-corrected chi connectivity index (χ4v) is 2.02. The number of carbonyl (C=O) groups is 1. The van der Waals surface area contributed by atoms with E-state index in [2.05, 4.69) is 15.9 Å². The van der Waals surface area contributed by atoms with Gasteiger partial charge in [0, 0.05) is 16.5 Å². The normalized spacial score (nSPS) is 18.5. The fourth-order valence-electron chi connectivity index (χ4n) is 1.62. The maximum Gasteiger partial charge on any atom is 0.404 e. The molecule has 1 aliphatic heterocycles. The first kappa shape index (κ1) is 11.2. The Hall–Kier alpha value is -1.30. The number of halogens is 2. The summed E-state index contributed by atoms with van der Waals surface area (Å²) in [5.74, 6) is 0.0818. The summed E-state index contributed by atoms with van der Waals surface area (Å²) >= 11 is 3.17. The van der Waals surface area contributed by atoms with Crippen LogP contribution in [0.5, 0.6) is 5.75 Å². The number of hydrogen-bond acceptors (Lipinski definition) is 3. The zero-order valence-corrected chi connectivity index (χ0v) is 9.79. The summed E-state index contributed by atoms with van der Waals surface area (Å²) in [6, 6.07) is 3.02. The van der Waals surface area contributed by atoms with Crippen LogP contribution in [-0.4, -0.2) is 18.8 Å². The second kappa shape index (κ2) is 4.29. The highest BCUT2D eigenvalue weighted by Gasteiger charge is 2.25. The van der Waals surface area contributed by atoms with Gasteiger partial charge in [0.2, 0.25) is 0 Å². The minimum absolute atomic E-state index is 0.186. The van der Waals surface area contributed by atoms with Crippen molar-refractivity contribution in [2.75, 3.05) is 6.61 Å². The van der Waals surface area contributed by atoms with Gasteiger partial charge < -0.3 is 15.2 Å². The number of nitrogens with two attached hydrogens (primary N) is 1. The summed E-state index contributed by atoms with van der Waals surface area (Å²) in [5.41, 5.74) is 5.29. The average molecular weight is 290 g/mol. The van der Waals surface area contributed by atoms with Crippen LogP contribution >= 0.6 is 15.9 Å². The highest BCUT2D eigenvalue weighted by molar-refractivity contribution is 9.10. The molecule has 0 aliphatic carbocycles. The molecule has 0 saturated carbocycles. The molecular weight excluding hydrogens is 281 g/mol. The van der Waals surface area contributed by atoms with Gasteiger partial charge in [0.15, 0.2) is 0 Å². The lowest BCUT2D eigenvalue weighted by molar-refractivity contribution is 0.0605. The van der Waals surface area contributed by atoms with Crippen LogP contribution in [0.2, 0.25) is 0 Å². The predicted molar refractivity (Wildman–Crippen MR) is 57.8 cm³/mol.